The highest BCUT2D eigenvalue weighted by molar-refractivity contribution is 5.93. The van der Waals surface area contributed by atoms with Gasteiger partial charge in [0.2, 0.25) is 0 Å². The fraction of sp³-hybridized carbons (Fsp3) is 0.120. The lowest BCUT2D eigenvalue weighted by molar-refractivity contribution is -0.136. The molecule has 0 fully saturated rings. The smallest absolute Gasteiger partial charge is 0.309 e. The Labute approximate surface area is 178 Å². The zero-order chi connectivity index (χ0) is 21.4. The summed E-state index contributed by atoms with van der Waals surface area (Å²) in [4.78, 5) is 11.6. The minimum absolute atomic E-state index is 0.0849. The fourth-order valence-corrected chi connectivity index (χ4v) is 4.15. The maximum atomic E-state index is 11.6. The average molecular weight is 411 g/mol. The van der Waals surface area contributed by atoms with Crippen molar-refractivity contribution in [1.29, 1.82) is 0 Å². The molecular formula is C25H21N3O3. The van der Waals surface area contributed by atoms with Gasteiger partial charge in [0.05, 0.1) is 19.5 Å². The van der Waals surface area contributed by atoms with E-state index in [4.69, 9.17) is 0 Å². The largest absolute Gasteiger partial charge is 0.494 e. The second-order valence-corrected chi connectivity index (χ2v) is 7.69. The summed E-state index contributed by atoms with van der Waals surface area (Å²) in [6.07, 6.45) is 3.44. The minimum atomic E-state index is -0.931. The molecule has 0 aliphatic carbocycles. The second kappa shape index (κ2) is 7.65. The van der Waals surface area contributed by atoms with Gasteiger partial charge >= 0.3 is 5.97 Å². The van der Waals surface area contributed by atoms with Crippen molar-refractivity contribution >= 4 is 27.5 Å². The number of carbonyl (C=O) groups is 1. The number of fused-ring (bicyclic) bond motifs is 2. The number of hydrogen-bond donors (Lipinski definition) is 2. The van der Waals surface area contributed by atoms with Gasteiger partial charge in [0, 0.05) is 28.9 Å². The molecule has 0 unspecified atom stereocenters. The summed E-state index contributed by atoms with van der Waals surface area (Å²) in [5, 5.41) is 28.4. The van der Waals surface area contributed by atoms with E-state index in [0.29, 0.717) is 24.2 Å². The zero-order valence-electron chi connectivity index (χ0n) is 16.8. The Morgan fingerprint density at radius 1 is 0.871 bits per heavy atom. The van der Waals surface area contributed by atoms with Crippen molar-refractivity contribution in [2.24, 2.45) is 0 Å². The van der Waals surface area contributed by atoms with Crippen LogP contribution in [0.15, 0.2) is 79.1 Å². The Bertz CT molecular complexity index is 1400. The first-order chi connectivity index (χ1) is 15.1. The Morgan fingerprint density at radius 2 is 1.65 bits per heavy atom. The molecule has 2 aromatic heterocycles. The molecule has 2 N–H and O–H groups in total. The van der Waals surface area contributed by atoms with E-state index < -0.39 is 5.97 Å². The van der Waals surface area contributed by atoms with Crippen LogP contribution in [0.3, 0.4) is 0 Å². The fourth-order valence-electron chi connectivity index (χ4n) is 4.15. The van der Waals surface area contributed by atoms with E-state index in [9.17, 15) is 15.0 Å². The van der Waals surface area contributed by atoms with Gasteiger partial charge in [-0.3, -0.25) is 9.48 Å². The second-order valence-electron chi connectivity index (χ2n) is 7.69. The lowest BCUT2D eigenvalue weighted by atomic mass is 10.1. The van der Waals surface area contributed by atoms with Gasteiger partial charge in [-0.25, -0.2) is 0 Å². The highest BCUT2D eigenvalue weighted by atomic mass is 16.4. The molecule has 6 nitrogen and oxygen atoms in total. The Morgan fingerprint density at radius 3 is 2.42 bits per heavy atom. The number of hydrogen-bond acceptors (Lipinski definition) is 3. The molecular weight excluding hydrogens is 390 g/mol. The van der Waals surface area contributed by atoms with E-state index in [0.717, 1.165) is 27.3 Å². The van der Waals surface area contributed by atoms with Crippen LogP contribution in [0.5, 0.6) is 5.88 Å². The number of aromatic hydroxyl groups is 1. The van der Waals surface area contributed by atoms with Crippen molar-refractivity contribution in [3.05, 3.63) is 95.9 Å². The predicted octanol–water partition coefficient (Wildman–Crippen LogP) is 4.42. The van der Waals surface area contributed by atoms with E-state index in [1.807, 2.05) is 65.5 Å². The molecule has 154 valence electrons. The van der Waals surface area contributed by atoms with Crippen LogP contribution in [-0.4, -0.2) is 30.5 Å². The van der Waals surface area contributed by atoms with Crippen molar-refractivity contribution < 1.29 is 15.0 Å². The number of rotatable bonds is 6. The van der Waals surface area contributed by atoms with E-state index >= 15 is 0 Å². The van der Waals surface area contributed by atoms with Crippen LogP contribution in [0.1, 0.15) is 16.8 Å². The quantitative estimate of drug-likeness (QED) is 0.433. The lowest BCUT2D eigenvalue weighted by Gasteiger charge is -2.11. The third-order valence-corrected chi connectivity index (χ3v) is 5.59. The molecule has 0 radical (unpaired) electrons. The maximum absolute atomic E-state index is 11.6. The normalized spacial score (nSPS) is 11.4. The Balaban J connectivity index is 1.59. The van der Waals surface area contributed by atoms with Crippen molar-refractivity contribution in [2.45, 2.75) is 19.5 Å². The minimum Gasteiger partial charge on any atom is -0.494 e. The van der Waals surface area contributed by atoms with Crippen LogP contribution in [-0.2, 0) is 24.3 Å². The molecule has 0 amide bonds. The molecule has 0 bridgehead atoms. The average Bonchev–Trinajstić information content (AvgIpc) is 3.36. The molecule has 0 aliphatic heterocycles. The molecule has 2 heterocycles. The van der Waals surface area contributed by atoms with Crippen molar-refractivity contribution in [2.75, 3.05) is 0 Å². The number of benzene rings is 3. The van der Waals surface area contributed by atoms with E-state index in [-0.39, 0.29) is 12.3 Å². The molecule has 5 aromatic rings. The monoisotopic (exact) mass is 411 g/mol. The number of aliphatic carboxylic acids is 1. The SMILES string of the molecule is O=C(O)Cc1c2ccc(Cn3cccn3)cc2c(O)n1Cc1ccc2ccccc2c1. The summed E-state index contributed by atoms with van der Waals surface area (Å²) in [5.41, 5.74) is 2.58. The summed E-state index contributed by atoms with van der Waals surface area (Å²) in [5.74, 6) is -0.846. The molecule has 0 saturated carbocycles. The molecule has 3 aromatic carbocycles. The highest BCUT2D eigenvalue weighted by Crippen LogP contribution is 2.34. The Hall–Kier alpha value is -4.06. The number of aromatic nitrogens is 3. The first-order valence-electron chi connectivity index (χ1n) is 10.1. The van der Waals surface area contributed by atoms with Gasteiger partial charge in [-0.2, -0.15) is 5.10 Å². The third kappa shape index (κ3) is 3.64. The molecule has 6 heteroatoms. The van der Waals surface area contributed by atoms with Crippen molar-refractivity contribution in [1.82, 2.24) is 14.3 Å². The van der Waals surface area contributed by atoms with Crippen LogP contribution in [0.4, 0.5) is 0 Å². The molecule has 5 rings (SSSR count). The summed E-state index contributed by atoms with van der Waals surface area (Å²) < 4.78 is 3.52. The van der Waals surface area contributed by atoms with Crippen molar-refractivity contribution in [3.8, 4) is 5.88 Å². The summed E-state index contributed by atoms with van der Waals surface area (Å²) in [6, 6.07) is 21.8. The first-order valence-corrected chi connectivity index (χ1v) is 10.1. The number of nitrogens with zero attached hydrogens (tertiary/aromatic N) is 3. The van der Waals surface area contributed by atoms with Gasteiger partial charge < -0.3 is 14.8 Å². The van der Waals surface area contributed by atoms with Gasteiger partial charge in [0.25, 0.3) is 0 Å². The number of carboxylic acids is 1. The summed E-state index contributed by atoms with van der Waals surface area (Å²) in [7, 11) is 0. The van der Waals surface area contributed by atoms with Crippen LogP contribution in [0.2, 0.25) is 0 Å². The van der Waals surface area contributed by atoms with Gasteiger partial charge in [-0.1, -0.05) is 48.5 Å². The highest BCUT2D eigenvalue weighted by Gasteiger charge is 2.19. The standard InChI is InChI=1S/C25H21N3O3/c29-24(30)14-23-21-9-7-18(15-27-11-3-10-26-27)13-22(21)25(31)28(23)16-17-6-8-19-4-1-2-5-20(19)12-17/h1-13,31H,14-16H2,(H,29,30). The number of carboxylic acid groups (broad SMARTS) is 1. The maximum Gasteiger partial charge on any atom is 0.309 e. The molecule has 0 spiro atoms. The Kier molecular flexibility index (Phi) is 4.67. The molecule has 0 saturated heterocycles. The van der Waals surface area contributed by atoms with Crippen LogP contribution >= 0.6 is 0 Å². The summed E-state index contributed by atoms with van der Waals surface area (Å²) >= 11 is 0. The van der Waals surface area contributed by atoms with E-state index in [2.05, 4.69) is 17.2 Å². The van der Waals surface area contributed by atoms with Crippen LogP contribution < -0.4 is 0 Å². The van der Waals surface area contributed by atoms with Gasteiger partial charge in [-0.05, 0) is 40.1 Å². The van der Waals surface area contributed by atoms with Crippen LogP contribution in [0.25, 0.3) is 21.5 Å². The lowest BCUT2D eigenvalue weighted by Crippen LogP contribution is -2.09. The molecule has 0 aliphatic rings. The molecule has 0 atom stereocenters. The van der Waals surface area contributed by atoms with E-state index in [1.54, 1.807) is 10.8 Å². The predicted molar refractivity (Wildman–Crippen MR) is 119 cm³/mol. The molecule has 31 heavy (non-hydrogen) atoms. The van der Waals surface area contributed by atoms with Crippen LogP contribution in [0, 0.1) is 0 Å². The van der Waals surface area contributed by atoms with Gasteiger partial charge in [-0.15, -0.1) is 0 Å². The third-order valence-electron chi connectivity index (χ3n) is 5.59. The zero-order valence-corrected chi connectivity index (χ0v) is 16.8. The van der Waals surface area contributed by atoms with E-state index in [1.165, 1.54) is 0 Å². The summed E-state index contributed by atoms with van der Waals surface area (Å²) in [6.45, 7) is 0.967. The van der Waals surface area contributed by atoms with Gasteiger partial charge in [0.15, 0.2) is 5.88 Å². The topological polar surface area (TPSA) is 80.3 Å². The van der Waals surface area contributed by atoms with Gasteiger partial charge in [0.1, 0.15) is 0 Å². The first kappa shape index (κ1) is 18.9. The van der Waals surface area contributed by atoms with Crippen molar-refractivity contribution in [3.63, 3.8) is 0 Å².